The summed E-state index contributed by atoms with van der Waals surface area (Å²) < 4.78 is 32.6. The SMILES string of the molecule is COc1ccc(-c2cc(=O)c3c(O)cc(O[C@@H]4OC[C@](O)(CO[C@@H]5OC(C)[C@H](O)C(O)C5O)C(O)C4O)cc3o2)cc1O. The lowest BCUT2D eigenvalue weighted by atomic mass is 9.91. The van der Waals surface area contributed by atoms with Crippen molar-refractivity contribution in [3.63, 3.8) is 0 Å². The molecule has 9 atom stereocenters. The summed E-state index contributed by atoms with van der Waals surface area (Å²) in [6.07, 6.45) is -12.3. The van der Waals surface area contributed by atoms with Crippen LogP contribution in [0.15, 0.2) is 45.6 Å². The molecule has 8 N–H and O–H groups in total. The molecule has 2 aliphatic rings. The molecule has 15 nitrogen and oxygen atoms in total. The number of methoxy groups -OCH3 is 1. The van der Waals surface area contributed by atoms with Gasteiger partial charge in [0.15, 0.2) is 23.2 Å². The lowest BCUT2D eigenvalue weighted by molar-refractivity contribution is -0.325. The normalized spacial score (nSPS) is 32.9. The van der Waals surface area contributed by atoms with Gasteiger partial charge in [0.05, 0.1) is 26.4 Å². The lowest BCUT2D eigenvalue weighted by Crippen LogP contribution is -2.65. The summed E-state index contributed by atoms with van der Waals surface area (Å²) in [4.78, 5) is 12.8. The molecule has 0 amide bonds. The molecule has 3 aromatic rings. The molecule has 5 rings (SSSR count). The van der Waals surface area contributed by atoms with Gasteiger partial charge in [-0.1, -0.05) is 0 Å². The van der Waals surface area contributed by atoms with Crippen LogP contribution in [-0.2, 0) is 14.2 Å². The highest BCUT2D eigenvalue weighted by Gasteiger charge is 2.51. The fourth-order valence-electron chi connectivity index (χ4n) is 4.92. The number of phenolic OH excluding ortho intramolecular Hbond substituents is 2. The Morgan fingerprint density at radius 1 is 0.930 bits per heavy atom. The molecule has 0 spiro atoms. The van der Waals surface area contributed by atoms with Crippen LogP contribution in [-0.4, -0.2) is 116 Å². The maximum atomic E-state index is 12.8. The van der Waals surface area contributed by atoms with Gasteiger partial charge in [0.25, 0.3) is 0 Å². The maximum absolute atomic E-state index is 12.8. The Balaban J connectivity index is 1.31. The van der Waals surface area contributed by atoms with Crippen LogP contribution in [0.4, 0.5) is 0 Å². The Morgan fingerprint density at radius 2 is 1.67 bits per heavy atom. The lowest BCUT2D eigenvalue weighted by Gasteiger charge is -2.44. The summed E-state index contributed by atoms with van der Waals surface area (Å²) >= 11 is 0. The van der Waals surface area contributed by atoms with Crippen molar-refractivity contribution >= 4 is 11.0 Å². The number of aliphatic hydroxyl groups is 6. The molecule has 43 heavy (non-hydrogen) atoms. The smallest absolute Gasteiger partial charge is 0.228 e. The van der Waals surface area contributed by atoms with E-state index in [1.54, 1.807) is 6.07 Å². The van der Waals surface area contributed by atoms with E-state index in [1.807, 2.05) is 0 Å². The Hall–Kier alpha value is -3.51. The van der Waals surface area contributed by atoms with Crippen molar-refractivity contribution in [2.24, 2.45) is 0 Å². The quantitative estimate of drug-likeness (QED) is 0.159. The average molecular weight is 609 g/mol. The summed E-state index contributed by atoms with van der Waals surface area (Å²) in [5, 5.41) is 82.7. The van der Waals surface area contributed by atoms with Gasteiger partial charge in [-0.2, -0.15) is 0 Å². The van der Waals surface area contributed by atoms with E-state index in [9.17, 15) is 45.6 Å². The molecule has 1 aromatic heterocycles. The van der Waals surface area contributed by atoms with Crippen molar-refractivity contribution < 1.29 is 69.0 Å². The molecular formula is C28H32O15. The molecule has 2 aromatic carbocycles. The molecule has 5 unspecified atom stereocenters. The zero-order valence-corrected chi connectivity index (χ0v) is 22.9. The largest absolute Gasteiger partial charge is 0.507 e. The van der Waals surface area contributed by atoms with Crippen LogP contribution in [0.3, 0.4) is 0 Å². The second kappa shape index (κ2) is 11.9. The number of rotatable bonds is 7. The number of ether oxygens (including phenoxy) is 5. The van der Waals surface area contributed by atoms with Crippen LogP contribution in [0.5, 0.6) is 23.0 Å². The Morgan fingerprint density at radius 3 is 2.37 bits per heavy atom. The Bertz CT molecular complexity index is 1520. The van der Waals surface area contributed by atoms with Crippen LogP contribution in [0.25, 0.3) is 22.3 Å². The van der Waals surface area contributed by atoms with Gasteiger partial charge in [-0.15, -0.1) is 0 Å². The molecule has 0 bridgehead atoms. The molecule has 0 aliphatic carbocycles. The second-order valence-electron chi connectivity index (χ2n) is 10.5. The van der Waals surface area contributed by atoms with Gasteiger partial charge in [-0.05, 0) is 25.1 Å². The van der Waals surface area contributed by atoms with Gasteiger partial charge in [0.2, 0.25) is 6.29 Å². The highest BCUT2D eigenvalue weighted by atomic mass is 16.7. The molecule has 0 radical (unpaired) electrons. The zero-order chi connectivity index (χ0) is 31.2. The van der Waals surface area contributed by atoms with Crippen LogP contribution < -0.4 is 14.9 Å². The maximum Gasteiger partial charge on any atom is 0.228 e. The van der Waals surface area contributed by atoms with Crippen LogP contribution in [0.2, 0.25) is 0 Å². The number of aromatic hydroxyl groups is 2. The topological polar surface area (TPSA) is 238 Å². The van der Waals surface area contributed by atoms with Gasteiger partial charge in [-0.3, -0.25) is 4.79 Å². The summed E-state index contributed by atoms with van der Waals surface area (Å²) in [6, 6.07) is 7.82. The van der Waals surface area contributed by atoms with Crippen molar-refractivity contribution in [3.05, 3.63) is 46.6 Å². The van der Waals surface area contributed by atoms with E-state index < -0.39 is 79.2 Å². The van der Waals surface area contributed by atoms with E-state index in [0.717, 1.165) is 12.1 Å². The number of benzene rings is 2. The monoisotopic (exact) mass is 608 g/mol. The summed E-state index contributed by atoms with van der Waals surface area (Å²) in [7, 11) is 1.38. The molecule has 15 heteroatoms. The third kappa shape index (κ3) is 5.86. The molecule has 0 saturated carbocycles. The molecular weight excluding hydrogens is 576 g/mol. The van der Waals surface area contributed by atoms with E-state index in [4.69, 9.17) is 28.1 Å². The average Bonchev–Trinajstić information content (AvgIpc) is 2.97. The summed E-state index contributed by atoms with van der Waals surface area (Å²) in [6.45, 7) is 0.107. The van der Waals surface area contributed by atoms with Gasteiger partial charge >= 0.3 is 0 Å². The first kappa shape index (κ1) is 30.9. The van der Waals surface area contributed by atoms with Crippen molar-refractivity contribution in [1.29, 1.82) is 0 Å². The van der Waals surface area contributed by atoms with Gasteiger partial charge in [0, 0.05) is 23.8 Å². The van der Waals surface area contributed by atoms with Gasteiger partial charge in [0.1, 0.15) is 64.3 Å². The first-order valence-corrected chi connectivity index (χ1v) is 13.2. The highest BCUT2D eigenvalue weighted by molar-refractivity contribution is 5.86. The predicted octanol–water partition coefficient (Wildman–Crippen LogP) is -1.09. The van der Waals surface area contributed by atoms with Crippen LogP contribution in [0.1, 0.15) is 6.92 Å². The minimum Gasteiger partial charge on any atom is -0.507 e. The third-order valence-electron chi connectivity index (χ3n) is 7.46. The summed E-state index contributed by atoms with van der Waals surface area (Å²) in [5.41, 5.74) is -2.56. The van der Waals surface area contributed by atoms with Crippen molar-refractivity contribution in [1.82, 2.24) is 0 Å². The first-order chi connectivity index (χ1) is 20.3. The first-order valence-electron chi connectivity index (χ1n) is 13.2. The fourth-order valence-corrected chi connectivity index (χ4v) is 4.92. The minimum atomic E-state index is -2.20. The molecule has 3 heterocycles. The van der Waals surface area contributed by atoms with Crippen molar-refractivity contribution in [2.75, 3.05) is 20.3 Å². The van der Waals surface area contributed by atoms with E-state index in [0.29, 0.717) is 5.56 Å². The van der Waals surface area contributed by atoms with Crippen molar-refractivity contribution in [3.8, 4) is 34.3 Å². The van der Waals surface area contributed by atoms with E-state index in [2.05, 4.69) is 0 Å². The second-order valence-corrected chi connectivity index (χ2v) is 10.5. The van der Waals surface area contributed by atoms with Crippen molar-refractivity contribution in [2.45, 2.75) is 61.7 Å². The van der Waals surface area contributed by atoms with Crippen LogP contribution in [0, 0.1) is 0 Å². The van der Waals surface area contributed by atoms with E-state index in [1.165, 1.54) is 32.2 Å². The molecule has 2 fully saturated rings. The number of phenols is 2. The third-order valence-corrected chi connectivity index (χ3v) is 7.46. The highest BCUT2D eigenvalue weighted by Crippen LogP contribution is 2.36. The minimum absolute atomic E-state index is 0.0601. The van der Waals surface area contributed by atoms with Gasteiger partial charge < -0.3 is 69.0 Å². The van der Waals surface area contributed by atoms with E-state index >= 15 is 0 Å². The number of hydrogen-bond donors (Lipinski definition) is 8. The van der Waals surface area contributed by atoms with Crippen LogP contribution >= 0.6 is 0 Å². The van der Waals surface area contributed by atoms with E-state index in [-0.39, 0.29) is 34.0 Å². The number of fused-ring (bicyclic) bond motifs is 1. The van der Waals surface area contributed by atoms with Gasteiger partial charge in [-0.25, -0.2) is 0 Å². The number of hydrogen-bond acceptors (Lipinski definition) is 15. The molecule has 234 valence electrons. The Kier molecular flexibility index (Phi) is 8.54. The summed E-state index contributed by atoms with van der Waals surface area (Å²) in [5.74, 6) is -0.553. The molecule has 2 aliphatic heterocycles. The fraction of sp³-hybridized carbons (Fsp3) is 0.464. The predicted molar refractivity (Wildman–Crippen MR) is 143 cm³/mol. The number of aliphatic hydroxyl groups excluding tert-OH is 5. The zero-order valence-electron chi connectivity index (χ0n) is 22.9. The standard InChI is InChI=1S/C28H32O15/c1-11-21(32)22(33)23(34)26(41-11)39-9-28(37)10-40-27(24(35)25(28)36)42-13-6-15(30)20-16(31)8-18(43-19(20)7-13)12-3-4-17(38-2)14(29)5-12/h3-8,11,21-27,29-30,32-37H,9-10H2,1-2H3/t11?,21-,22?,23?,24?,25?,26+,27-,28+/m0/s1. The molecule has 2 saturated heterocycles. The Labute approximate surface area is 243 Å².